The number of rotatable bonds is 6. The summed E-state index contributed by atoms with van der Waals surface area (Å²) in [6.07, 6.45) is 3.30. The summed E-state index contributed by atoms with van der Waals surface area (Å²) in [5, 5.41) is 8.49. The van der Waals surface area contributed by atoms with Crippen molar-refractivity contribution in [2.24, 2.45) is 0 Å². The molecule has 4 nitrogen and oxygen atoms in total. The monoisotopic (exact) mass is 385 g/mol. The molecule has 29 heavy (non-hydrogen) atoms. The van der Waals surface area contributed by atoms with Crippen LogP contribution in [0.1, 0.15) is 17.2 Å². The van der Waals surface area contributed by atoms with Crippen molar-refractivity contribution in [2.75, 3.05) is 7.11 Å². The van der Waals surface area contributed by atoms with Gasteiger partial charge < -0.3 is 4.74 Å². The maximum absolute atomic E-state index is 15.4. The molecule has 5 heteroatoms. The second kappa shape index (κ2) is 8.52. The van der Waals surface area contributed by atoms with Gasteiger partial charge in [0.1, 0.15) is 23.3 Å². The van der Waals surface area contributed by atoms with Gasteiger partial charge in [0.05, 0.1) is 13.3 Å². The van der Waals surface area contributed by atoms with Crippen LogP contribution in [0.4, 0.5) is 4.39 Å². The van der Waals surface area contributed by atoms with E-state index in [1.54, 1.807) is 18.0 Å². The number of nitrogens with zero attached hydrogens (tertiary/aromatic N) is 3. The number of hydrogen-bond acceptors (Lipinski definition) is 3. The average Bonchev–Trinajstić information content (AvgIpc) is 3.25. The van der Waals surface area contributed by atoms with Crippen molar-refractivity contribution >= 4 is 6.08 Å². The van der Waals surface area contributed by atoms with Crippen molar-refractivity contribution in [1.29, 1.82) is 0 Å². The molecule has 0 saturated heterocycles. The molecule has 3 aromatic carbocycles. The lowest BCUT2D eigenvalue weighted by molar-refractivity contribution is 0.415. The van der Waals surface area contributed by atoms with Crippen LogP contribution in [0.5, 0.6) is 5.75 Å². The van der Waals surface area contributed by atoms with E-state index >= 15 is 4.39 Å². The number of ether oxygens (including phenoxy) is 1. The predicted molar refractivity (Wildman–Crippen MR) is 112 cm³/mol. The fourth-order valence-corrected chi connectivity index (χ4v) is 3.16. The molecule has 1 atom stereocenters. The zero-order valence-electron chi connectivity index (χ0n) is 15.9. The van der Waals surface area contributed by atoms with E-state index in [0.29, 0.717) is 5.69 Å². The lowest BCUT2D eigenvalue weighted by Gasteiger charge is -2.16. The van der Waals surface area contributed by atoms with Crippen LogP contribution in [0.15, 0.2) is 97.0 Å². The van der Waals surface area contributed by atoms with Gasteiger partial charge in [0, 0.05) is 5.56 Å². The highest BCUT2D eigenvalue weighted by molar-refractivity contribution is 5.59. The van der Waals surface area contributed by atoms with E-state index in [-0.39, 0.29) is 5.83 Å². The van der Waals surface area contributed by atoms with Crippen molar-refractivity contribution < 1.29 is 9.13 Å². The Morgan fingerprint density at radius 3 is 2.24 bits per heavy atom. The second-order valence-corrected chi connectivity index (χ2v) is 6.57. The van der Waals surface area contributed by atoms with Crippen LogP contribution in [0.2, 0.25) is 0 Å². The van der Waals surface area contributed by atoms with Crippen LogP contribution in [0, 0.1) is 0 Å². The fourth-order valence-electron chi connectivity index (χ4n) is 3.16. The van der Waals surface area contributed by atoms with Gasteiger partial charge >= 0.3 is 0 Å². The van der Waals surface area contributed by atoms with Gasteiger partial charge in [0.15, 0.2) is 0 Å². The van der Waals surface area contributed by atoms with E-state index in [4.69, 9.17) is 4.74 Å². The number of allylic oxidation sites excluding steroid dienone is 1. The highest BCUT2D eigenvalue weighted by atomic mass is 19.1. The molecule has 0 spiro atoms. The SMILES string of the molecule is COc1ccc(-c2cn([C@H](/C(F)=C/c3ccccc3)c3ccccc3)nn2)cc1. The first-order chi connectivity index (χ1) is 14.2. The first kappa shape index (κ1) is 18.6. The quantitative estimate of drug-likeness (QED) is 0.437. The maximum atomic E-state index is 15.4. The normalized spacial score (nSPS) is 12.6. The highest BCUT2D eigenvalue weighted by Gasteiger charge is 2.21. The second-order valence-electron chi connectivity index (χ2n) is 6.57. The van der Waals surface area contributed by atoms with Gasteiger partial charge in [-0.05, 0) is 41.5 Å². The number of aromatic nitrogens is 3. The molecule has 0 aliphatic carbocycles. The molecule has 0 aliphatic rings. The summed E-state index contributed by atoms with van der Waals surface area (Å²) in [7, 11) is 1.62. The van der Waals surface area contributed by atoms with Crippen LogP contribution in [0.3, 0.4) is 0 Å². The van der Waals surface area contributed by atoms with Gasteiger partial charge in [-0.15, -0.1) is 5.10 Å². The van der Waals surface area contributed by atoms with Crippen molar-refractivity contribution in [1.82, 2.24) is 15.0 Å². The van der Waals surface area contributed by atoms with Gasteiger partial charge in [-0.3, -0.25) is 0 Å². The van der Waals surface area contributed by atoms with Crippen LogP contribution in [-0.4, -0.2) is 22.1 Å². The van der Waals surface area contributed by atoms with Crippen LogP contribution >= 0.6 is 0 Å². The largest absolute Gasteiger partial charge is 0.497 e. The molecule has 4 rings (SSSR count). The Bertz CT molecular complexity index is 1090. The van der Waals surface area contributed by atoms with E-state index in [0.717, 1.165) is 22.4 Å². The van der Waals surface area contributed by atoms with Crippen molar-refractivity contribution in [3.05, 3.63) is 108 Å². The standard InChI is InChI=1S/C24H20FN3O/c1-29-21-14-12-19(13-15-21)23-17-28(27-26-23)24(20-10-6-3-7-11-20)22(25)16-18-8-4-2-5-9-18/h2-17,24H,1H3/b22-16-/t24-/m0/s1. The Hall–Kier alpha value is -3.73. The van der Waals surface area contributed by atoms with Crippen molar-refractivity contribution in [3.63, 3.8) is 0 Å². The lowest BCUT2D eigenvalue weighted by atomic mass is 10.0. The molecule has 144 valence electrons. The number of methoxy groups -OCH3 is 1. The molecule has 0 fully saturated rings. The minimum atomic E-state index is -0.698. The van der Waals surface area contributed by atoms with E-state index in [1.807, 2.05) is 84.9 Å². The molecule has 1 aromatic heterocycles. The molecule has 0 amide bonds. The summed E-state index contributed by atoms with van der Waals surface area (Å²) >= 11 is 0. The number of halogens is 1. The molecule has 0 unspecified atom stereocenters. The van der Waals surface area contributed by atoms with Crippen LogP contribution < -0.4 is 4.74 Å². The third-order valence-corrected chi connectivity index (χ3v) is 4.64. The minimum absolute atomic E-state index is 0.311. The van der Waals surface area contributed by atoms with E-state index in [9.17, 15) is 0 Å². The Kier molecular flexibility index (Phi) is 5.47. The summed E-state index contributed by atoms with van der Waals surface area (Å²) in [4.78, 5) is 0. The Morgan fingerprint density at radius 2 is 1.59 bits per heavy atom. The Balaban J connectivity index is 1.72. The molecule has 0 aliphatic heterocycles. The van der Waals surface area contributed by atoms with E-state index in [1.165, 1.54) is 6.08 Å². The van der Waals surface area contributed by atoms with Gasteiger partial charge in [-0.25, -0.2) is 9.07 Å². The van der Waals surface area contributed by atoms with Gasteiger partial charge in [0.2, 0.25) is 0 Å². The molecular formula is C24H20FN3O. The van der Waals surface area contributed by atoms with Gasteiger partial charge in [0.25, 0.3) is 0 Å². The number of benzene rings is 3. The van der Waals surface area contributed by atoms with Crippen LogP contribution in [0.25, 0.3) is 17.3 Å². The molecule has 1 heterocycles. The zero-order valence-corrected chi connectivity index (χ0v) is 15.9. The first-order valence-corrected chi connectivity index (χ1v) is 9.28. The molecule has 0 bridgehead atoms. The van der Waals surface area contributed by atoms with Gasteiger partial charge in [-0.2, -0.15) is 0 Å². The summed E-state index contributed by atoms with van der Waals surface area (Å²) in [6, 6.07) is 25.7. The van der Waals surface area contributed by atoms with Crippen molar-refractivity contribution in [2.45, 2.75) is 6.04 Å². The third kappa shape index (κ3) is 4.24. The summed E-state index contributed by atoms with van der Waals surface area (Å²) in [5.41, 5.74) is 3.14. The zero-order chi connectivity index (χ0) is 20.1. The summed E-state index contributed by atoms with van der Waals surface area (Å²) < 4.78 is 22.1. The van der Waals surface area contributed by atoms with Crippen molar-refractivity contribution in [3.8, 4) is 17.0 Å². The van der Waals surface area contributed by atoms with E-state index in [2.05, 4.69) is 10.3 Å². The molecule has 0 saturated carbocycles. The van der Waals surface area contributed by atoms with Crippen LogP contribution in [-0.2, 0) is 0 Å². The van der Waals surface area contributed by atoms with Gasteiger partial charge in [-0.1, -0.05) is 65.9 Å². The average molecular weight is 385 g/mol. The Labute approximate surface area is 168 Å². The number of hydrogen-bond donors (Lipinski definition) is 0. The third-order valence-electron chi connectivity index (χ3n) is 4.64. The molecule has 0 radical (unpaired) electrons. The minimum Gasteiger partial charge on any atom is -0.497 e. The lowest BCUT2D eigenvalue weighted by Crippen LogP contribution is -2.12. The molecule has 4 aromatic rings. The first-order valence-electron chi connectivity index (χ1n) is 9.28. The molecule has 0 N–H and O–H groups in total. The smallest absolute Gasteiger partial charge is 0.130 e. The molecular weight excluding hydrogens is 365 g/mol. The topological polar surface area (TPSA) is 39.9 Å². The summed E-state index contributed by atoms with van der Waals surface area (Å²) in [6.45, 7) is 0. The Morgan fingerprint density at radius 1 is 0.931 bits per heavy atom. The maximum Gasteiger partial charge on any atom is 0.130 e. The highest BCUT2D eigenvalue weighted by Crippen LogP contribution is 2.30. The fraction of sp³-hybridized carbons (Fsp3) is 0.0833. The van der Waals surface area contributed by atoms with E-state index < -0.39 is 6.04 Å². The summed E-state index contributed by atoms with van der Waals surface area (Å²) in [5.74, 6) is 0.453. The predicted octanol–water partition coefficient (Wildman–Crippen LogP) is 5.55.